The summed E-state index contributed by atoms with van der Waals surface area (Å²) in [6.45, 7) is 0. The highest BCUT2D eigenvalue weighted by atomic mass is 16.5. The fraction of sp³-hybridized carbons (Fsp3) is 0.364. The molecule has 5 nitrogen and oxygen atoms in total. The molecule has 1 amide bonds. The van der Waals surface area contributed by atoms with Gasteiger partial charge < -0.3 is 20.5 Å². The largest absolute Gasteiger partial charge is 0.497 e. The van der Waals surface area contributed by atoms with E-state index in [1.807, 2.05) is 0 Å². The average Bonchev–Trinajstić information content (AvgIpc) is 2.35. The van der Waals surface area contributed by atoms with Crippen LogP contribution in [0.1, 0.15) is 11.6 Å². The molecule has 88 valence electrons. The molecule has 0 saturated heterocycles. The van der Waals surface area contributed by atoms with E-state index in [4.69, 9.17) is 15.2 Å². The van der Waals surface area contributed by atoms with Crippen molar-refractivity contribution in [1.29, 1.82) is 0 Å². The lowest BCUT2D eigenvalue weighted by Crippen LogP contribution is -2.31. The van der Waals surface area contributed by atoms with E-state index in [1.54, 1.807) is 39.5 Å². The first kappa shape index (κ1) is 12.3. The summed E-state index contributed by atoms with van der Waals surface area (Å²) in [4.78, 5) is 11.4. The van der Waals surface area contributed by atoms with Gasteiger partial charge >= 0.3 is 0 Å². The molecule has 0 aliphatic carbocycles. The van der Waals surface area contributed by atoms with Crippen LogP contribution in [0.15, 0.2) is 18.2 Å². The van der Waals surface area contributed by atoms with Gasteiger partial charge in [-0.15, -0.1) is 0 Å². The van der Waals surface area contributed by atoms with E-state index in [0.717, 1.165) is 0 Å². The summed E-state index contributed by atoms with van der Waals surface area (Å²) in [5.41, 5.74) is 6.42. The third kappa shape index (κ3) is 2.64. The molecule has 0 aliphatic heterocycles. The molecular formula is C11H16N2O3. The second kappa shape index (κ2) is 5.37. The van der Waals surface area contributed by atoms with Crippen molar-refractivity contribution in [2.75, 3.05) is 21.3 Å². The van der Waals surface area contributed by atoms with Gasteiger partial charge in [-0.1, -0.05) is 0 Å². The Hall–Kier alpha value is -1.75. The zero-order valence-corrected chi connectivity index (χ0v) is 9.61. The Kier molecular flexibility index (Phi) is 4.13. The van der Waals surface area contributed by atoms with Crippen LogP contribution < -0.4 is 20.5 Å². The number of ether oxygens (including phenoxy) is 2. The highest BCUT2D eigenvalue weighted by molar-refractivity contribution is 5.82. The van der Waals surface area contributed by atoms with Gasteiger partial charge in [-0.2, -0.15) is 0 Å². The Morgan fingerprint density at radius 3 is 2.12 bits per heavy atom. The Bertz CT molecular complexity index is 357. The lowest BCUT2D eigenvalue weighted by atomic mass is 10.1. The van der Waals surface area contributed by atoms with Crippen molar-refractivity contribution in [3.05, 3.63) is 23.8 Å². The molecule has 0 aromatic heterocycles. The number of amides is 1. The van der Waals surface area contributed by atoms with E-state index in [-0.39, 0.29) is 5.91 Å². The van der Waals surface area contributed by atoms with Crippen LogP contribution in [0.3, 0.4) is 0 Å². The van der Waals surface area contributed by atoms with Gasteiger partial charge in [-0.05, 0) is 17.7 Å². The number of carbonyl (C=O) groups is 1. The quantitative estimate of drug-likeness (QED) is 0.778. The lowest BCUT2D eigenvalue weighted by molar-refractivity contribution is -0.121. The van der Waals surface area contributed by atoms with Crippen LogP contribution in [-0.2, 0) is 4.79 Å². The molecule has 0 aliphatic rings. The van der Waals surface area contributed by atoms with Gasteiger partial charge in [0.15, 0.2) is 0 Å². The fourth-order valence-corrected chi connectivity index (χ4v) is 1.32. The maximum Gasteiger partial charge on any atom is 0.241 e. The second-order valence-corrected chi connectivity index (χ2v) is 3.24. The van der Waals surface area contributed by atoms with Crippen molar-refractivity contribution < 1.29 is 14.3 Å². The number of carbonyl (C=O) groups excluding carboxylic acids is 1. The molecular weight excluding hydrogens is 208 g/mol. The van der Waals surface area contributed by atoms with Gasteiger partial charge in [0.1, 0.15) is 17.5 Å². The highest BCUT2D eigenvalue weighted by Gasteiger charge is 2.16. The second-order valence-electron chi connectivity index (χ2n) is 3.24. The van der Waals surface area contributed by atoms with Crippen LogP contribution in [-0.4, -0.2) is 27.2 Å². The number of nitrogens with one attached hydrogen (secondary N) is 1. The number of hydrogen-bond donors (Lipinski definition) is 2. The van der Waals surface area contributed by atoms with E-state index < -0.39 is 6.04 Å². The SMILES string of the molecule is CNC(=O)[C@@H](N)c1cc(OC)cc(OC)c1. The summed E-state index contributed by atoms with van der Waals surface area (Å²) in [6, 6.07) is 4.42. The van der Waals surface area contributed by atoms with Crippen molar-refractivity contribution in [1.82, 2.24) is 5.32 Å². The molecule has 0 saturated carbocycles. The minimum Gasteiger partial charge on any atom is -0.497 e. The Morgan fingerprint density at radius 1 is 1.25 bits per heavy atom. The Balaban J connectivity index is 3.07. The third-order valence-electron chi connectivity index (χ3n) is 2.26. The summed E-state index contributed by atoms with van der Waals surface area (Å²) in [7, 11) is 4.63. The van der Waals surface area contributed by atoms with Crippen molar-refractivity contribution in [3.63, 3.8) is 0 Å². The number of likely N-dealkylation sites (N-methyl/N-ethyl adjacent to an activating group) is 1. The fourth-order valence-electron chi connectivity index (χ4n) is 1.32. The predicted molar refractivity (Wildman–Crippen MR) is 60.5 cm³/mol. The minimum atomic E-state index is -0.728. The smallest absolute Gasteiger partial charge is 0.241 e. The van der Waals surface area contributed by atoms with E-state index >= 15 is 0 Å². The van der Waals surface area contributed by atoms with E-state index in [9.17, 15) is 4.79 Å². The molecule has 1 rings (SSSR count). The lowest BCUT2D eigenvalue weighted by Gasteiger charge is -2.13. The number of rotatable bonds is 4. The predicted octanol–water partition coefficient (Wildman–Crippen LogP) is 0.450. The third-order valence-corrected chi connectivity index (χ3v) is 2.26. The summed E-state index contributed by atoms with van der Waals surface area (Å²) in [5, 5.41) is 2.49. The molecule has 1 aromatic rings. The van der Waals surface area contributed by atoms with E-state index in [2.05, 4.69) is 5.32 Å². The molecule has 1 atom stereocenters. The zero-order valence-electron chi connectivity index (χ0n) is 9.61. The molecule has 1 aromatic carbocycles. The first-order chi connectivity index (χ1) is 7.62. The first-order valence-electron chi connectivity index (χ1n) is 4.82. The molecule has 16 heavy (non-hydrogen) atoms. The van der Waals surface area contributed by atoms with Crippen LogP contribution in [0.5, 0.6) is 11.5 Å². The monoisotopic (exact) mass is 224 g/mol. The van der Waals surface area contributed by atoms with Crippen LogP contribution >= 0.6 is 0 Å². The molecule has 0 radical (unpaired) electrons. The Morgan fingerprint density at radius 2 is 1.75 bits per heavy atom. The van der Waals surface area contributed by atoms with Gasteiger partial charge in [0.25, 0.3) is 0 Å². The van der Waals surface area contributed by atoms with E-state index in [0.29, 0.717) is 17.1 Å². The van der Waals surface area contributed by atoms with Crippen LogP contribution in [0.2, 0.25) is 0 Å². The number of benzene rings is 1. The zero-order chi connectivity index (χ0) is 12.1. The van der Waals surface area contributed by atoms with E-state index in [1.165, 1.54) is 0 Å². The normalized spacial score (nSPS) is 11.8. The molecule has 3 N–H and O–H groups in total. The number of hydrogen-bond acceptors (Lipinski definition) is 4. The van der Waals surface area contributed by atoms with Gasteiger partial charge in [0, 0.05) is 13.1 Å². The number of methoxy groups -OCH3 is 2. The molecule has 0 spiro atoms. The molecule has 0 fully saturated rings. The Labute approximate surface area is 94.5 Å². The molecule has 5 heteroatoms. The van der Waals surface area contributed by atoms with Crippen LogP contribution in [0.4, 0.5) is 0 Å². The highest BCUT2D eigenvalue weighted by Crippen LogP contribution is 2.25. The molecule has 0 unspecified atom stereocenters. The topological polar surface area (TPSA) is 73.6 Å². The summed E-state index contributed by atoms with van der Waals surface area (Å²) < 4.78 is 10.2. The number of nitrogens with two attached hydrogens (primary N) is 1. The van der Waals surface area contributed by atoms with Crippen LogP contribution in [0, 0.1) is 0 Å². The van der Waals surface area contributed by atoms with Crippen molar-refractivity contribution in [2.24, 2.45) is 5.73 Å². The maximum atomic E-state index is 11.4. The minimum absolute atomic E-state index is 0.254. The average molecular weight is 224 g/mol. The van der Waals surface area contributed by atoms with Crippen LogP contribution in [0.25, 0.3) is 0 Å². The maximum absolute atomic E-state index is 11.4. The van der Waals surface area contributed by atoms with Crippen molar-refractivity contribution in [3.8, 4) is 11.5 Å². The first-order valence-corrected chi connectivity index (χ1v) is 4.82. The summed E-state index contributed by atoms with van der Waals surface area (Å²) in [5.74, 6) is 0.956. The van der Waals surface area contributed by atoms with Crippen molar-refractivity contribution >= 4 is 5.91 Å². The van der Waals surface area contributed by atoms with Gasteiger partial charge in [-0.3, -0.25) is 4.79 Å². The van der Waals surface area contributed by atoms with Gasteiger partial charge in [0.05, 0.1) is 14.2 Å². The summed E-state index contributed by atoms with van der Waals surface area (Å²) >= 11 is 0. The van der Waals surface area contributed by atoms with Gasteiger partial charge in [-0.25, -0.2) is 0 Å². The standard InChI is InChI=1S/C11H16N2O3/c1-13-11(14)10(12)7-4-8(15-2)6-9(5-7)16-3/h4-6,10H,12H2,1-3H3,(H,13,14)/t10-/m0/s1. The molecule has 0 heterocycles. The van der Waals surface area contributed by atoms with Gasteiger partial charge in [0.2, 0.25) is 5.91 Å². The molecule has 0 bridgehead atoms. The summed E-state index contributed by atoms with van der Waals surface area (Å²) in [6.07, 6.45) is 0. The van der Waals surface area contributed by atoms with Crippen molar-refractivity contribution in [2.45, 2.75) is 6.04 Å².